The zero-order valence-electron chi connectivity index (χ0n) is 12.9. The third-order valence-electron chi connectivity index (χ3n) is 2.89. The monoisotopic (exact) mass is 415 g/mol. The Labute approximate surface area is 148 Å². The Hall–Kier alpha value is -1.77. The lowest BCUT2D eigenvalue weighted by molar-refractivity contribution is 0.0727. The van der Waals surface area contributed by atoms with E-state index in [1.165, 1.54) is 36.4 Å². The van der Waals surface area contributed by atoms with Gasteiger partial charge in [-0.3, -0.25) is 0 Å². The molecule has 0 atom stereocenters. The van der Waals surface area contributed by atoms with E-state index in [4.69, 9.17) is 4.74 Å². The average Bonchev–Trinajstić information content (AvgIpc) is 2.49. The van der Waals surface area contributed by atoms with E-state index in [-0.39, 0.29) is 22.3 Å². The van der Waals surface area contributed by atoms with Crippen LogP contribution >= 0.6 is 15.9 Å². The van der Waals surface area contributed by atoms with E-state index < -0.39 is 21.8 Å². The normalized spacial score (nSPS) is 11.5. The lowest BCUT2D eigenvalue weighted by Gasteiger charge is -2.10. The molecule has 0 bridgehead atoms. The lowest BCUT2D eigenvalue weighted by Crippen LogP contribution is -2.30. The molecular formula is C16H15BrFNO4S. The number of hydrogen-bond acceptors (Lipinski definition) is 4. The maximum Gasteiger partial charge on any atom is 0.343 e. The number of ether oxygens (including phenoxy) is 1. The van der Waals surface area contributed by atoms with Crippen LogP contribution in [0.4, 0.5) is 4.39 Å². The molecule has 8 heteroatoms. The van der Waals surface area contributed by atoms with E-state index >= 15 is 0 Å². The first kappa shape index (κ1) is 18.6. The van der Waals surface area contributed by atoms with E-state index in [0.717, 1.165) is 0 Å². The van der Waals surface area contributed by atoms with E-state index in [9.17, 15) is 17.6 Å². The second-order valence-electron chi connectivity index (χ2n) is 5.26. The Balaban J connectivity index is 2.17. The molecule has 0 amide bonds. The van der Waals surface area contributed by atoms with Crippen molar-refractivity contribution in [2.24, 2.45) is 0 Å². The number of hydrogen-bond donors (Lipinski definition) is 1. The molecule has 0 saturated carbocycles. The third kappa shape index (κ3) is 4.62. The van der Waals surface area contributed by atoms with Gasteiger partial charge in [-0.2, -0.15) is 0 Å². The van der Waals surface area contributed by atoms with Gasteiger partial charge in [-0.1, -0.05) is 15.9 Å². The summed E-state index contributed by atoms with van der Waals surface area (Å²) in [6.45, 7) is 3.41. The van der Waals surface area contributed by atoms with Crippen LogP contribution in [0.1, 0.15) is 24.2 Å². The maximum absolute atomic E-state index is 13.7. The fourth-order valence-electron chi connectivity index (χ4n) is 1.87. The zero-order chi connectivity index (χ0) is 17.9. The molecule has 2 rings (SSSR count). The predicted octanol–water partition coefficient (Wildman–Crippen LogP) is 3.49. The molecule has 0 unspecified atom stereocenters. The molecule has 0 aromatic heterocycles. The van der Waals surface area contributed by atoms with Gasteiger partial charge < -0.3 is 4.74 Å². The molecular weight excluding hydrogens is 401 g/mol. The molecule has 2 aromatic rings. The maximum atomic E-state index is 13.7. The number of nitrogens with one attached hydrogen (secondary N) is 1. The van der Waals surface area contributed by atoms with E-state index in [2.05, 4.69) is 20.7 Å². The van der Waals surface area contributed by atoms with Crippen molar-refractivity contribution in [3.05, 3.63) is 58.3 Å². The van der Waals surface area contributed by atoms with Gasteiger partial charge in [0.2, 0.25) is 10.0 Å². The van der Waals surface area contributed by atoms with Gasteiger partial charge in [-0.15, -0.1) is 0 Å². The van der Waals surface area contributed by atoms with Crippen LogP contribution < -0.4 is 9.46 Å². The highest BCUT2D eigenvalue weighted by Crippen LogP contribution is 2.22. The van der Waals surface area contributed by atoms with Crippen LogP contribution in [-0.4, -0.2) is 20.4 Å². The van der Waals surface area contributed by atoms with E-state index in [1.807, 2.05) is 0 Å². The first-order chi connectivity index (χ1) is 11.2. The number of esters is 1. The molecule has 0 radical (unpaired) electrons. The number of rotatable bonds is 5. The standard InChI is InChI=1S/C16H15BrFNO4S/c1-10(2)19-24(21,22)13-6-3-11(4-7-13)16(20)23-15-8-5-12(17)9-14(15)18/h3-10,19H,1-2H3. The van der Waals surface area contributed by atoms with Gasteiger partial charge in [0.1, 0.15) is 0 Å². The SMILES string of the molecule is CC(C)NS(=O)(=O)c1ccc(C(=O)Oc2ccc(Br)cc2F)cc1. The van der Waals surface area contributed by atoms with Crippen molar-refractivity contribution < 1.29 is 22.3 Å². The van der Waals surface area contributed by atoms with Crippen molar-refractivity contribution in [1.82, 2.24) is 4.72 Å². The molecule has 1 N–H and O–H groups in total. The van der Waals surface area contributed by atoms with Crippen molar-refractivity contribution in [3.63, 3.8) is 0 Å². The van der Waals surface area contributed by atoms with Crippen molar-refractivity contribution in [2.45, 2.75) is 24.8 Å². The minimum atomic E-state index is -3.64. The summed E-state index contributed by atoms with van der Waals surface area (Å²) in [5.74, 6) is -1.67. The minimum Gasteiger partial charge on any atom is -0.420 e. The number of carbonyl (C=O) groups excluding carboxylic acids is 1. The summed E-state index contributed by atoms with van der Waals surface area (Å²) in [4.78, 5) is 12.1. The molecule has 0 fully saturated rings. The summed E-state index contributed by atoms with van der Waals surface area (Å²) >= 11 is 3.11. The topological polar surface area (TPSA) is 72.5 Å². The quantitative estimate of drug-likeness (QED) is 0.598. The molecule has 0 heterocycles. The van der Waals surface area contributed by atoms with Crippen molar-refractivity contribution in [2.75, 3.05) is 0 Å². The third-order valence-corrected chi connectivity index (χ3v) is 5.06. The summed E-state index contributed by atoms with van der Waals surface area (Å²) in [5, 5.41) is 0. The van der Waals surface area contributed by atoms with Crippen molar-refractivity contribution in [3.8, 4) is 5.75 Å². The molecule has 0 aliphatic heterocycles. The minimum absolute atomic E-state index is 0.0302. The van der Waals surface area contributed by atoms with E-state index in [0.29, 0.717) is 4.47 Å². The smallest absolute Gasteiger partial charge is 0.343 e. The van der Waals surface area contributed by atoms with Crippen LogP contribution in [0, 0.1) is 5.82 Å². The summed E-state index contributed by atoms with van der Waals surface area (Å²) in [5.41, 5.74) is 0.112. The van der Waals surface area contributed by atoms with Crippen LogP contribution in [0.2, 0.25) is 0 Å². The van der Waals surface area contributed by atoms with Crippen LogP contribution in [0.15, 0.2) is 51.8 Å². The largest absolute Gasteiger partial charge is 0.420 e. The van der Waals surface area contributed by atoms with Gasteiger partial charge in [-0.05, 0) is 56.3 Å². The second-order valence-corrected chi connectivity index (χ2v) is 7.89. The molecule has 2 aromatic carbocycles. The number of benzene rings is 2. The van der Waals surface area contributed by atoms with Gasteiger partial charge in [0.25, 0.3) is 0 Å². The molecule has 0 saturated heterocycles. The molecule has 128 valence electrons. The highest BCUT2D eigenvalue weighted by Gasteiger charge is 2.17. The number of halogens is 2. The zero-order valence-corrected chi connectivity index (χ0v) is 15.3. The van der Waals surface area contributed by atoms with Gasteiger partial charge in [-0.25, -0.2) is 22.3 Å². The molecule has 0 aliphatic carbocycles. The summed E-state index contributed by atoms with van der Waals surface area (Å²) < 4.78 is 45.6. The van der Waals surface area contributed by atoms with Crippen molar-refractivity contribution >= 4 is 31.9 Å². The van der Waals surface area contributed by atoms with Crippen LogP contribution in [0.25, 0.3) is 0 Å². The Bertz CT molecular complexity index is 851. The second kappa shape index (κ2) is 7.42. The van der Waals surface area contributed by atoms with Crippen molar-refractivity contribution in [1.29, 1.82) is 0 Å². The molecule has 5 nitrogen and oxygen atoms in total. The fraction of sp³-hybridized carbons (Fsp3) is 0.188. The lowest BCUT2D eigenvalue weighted by atomic mass is 10.2. The summed E-state index contributed by atoms with van der Waals surface area (Å²) in [7, 11) is -3.64. The Morgan fingerprint density at radius 1 is 1.17 bits per heavy atom. The average molecular weight is 416 g/mol. The van der Waals surface area contributed by atoms with E-state index in [1.54, 1.807) is 19.9 Å². The predicted molar refractivity (Wildman–Crippen MR) is 91.0 cm³/mol. The van der Waals surface area contributed by atoms with Crippen LogP contribution in [0.3, 0.4) is 0 Å². The molecule has 0 aliphatic rings. The summed E-state index contributed by atoms with van der Waals surface area (Å²) in [6.07, 6.45) is 0. The summed E-state index contributed by atoms with van der Waals surface area (Å²) in [6, 6.07) is 9.00. The Morgan fingerprint density at radius 2 is 1.79 bits per heavy atom. The number of sulfonamides is 1. The van der Waals surface area contributed by atoms with Crippen LogP contribution in [0.5, 0.6) is 5.75 Å². The van der Waals surface area contributed by atoms with Gasteiger partial charge in [0, 0.05) is 10.5 Å². The highest BCUT2D eigenvalue weighted by molar-refractivity contribution is 9.10. The van der Waals surface area contributed by atoms with Crippen LogP contribution in [-0.2, 0) is 10.0 Å². The Kier molecular flexibility index (Phi) is 5.74. The number of carbonyl (C=O) groups is 1. The Morgan fingerprint density at radius 3 is 2.33 bits per heavy atom. The van der Waals surface area contributed by atoms with Gasteiger partial charge >= 0.3 is 5.97 Å². The first-order valence-electron chi connectivity index (χ1n) is 6.98. The first-order valence-corrected chi connectivity index (χ1v) is 9.26. The highest BCUT2D eigenvalue weighted by atomic mass is 79.9. The fourth-order valence-corrected chi connectivity index (χ4v) is 3.45. The van der Waals surface area contributed by atoms with Gasteiger partial charge in [0.05, 0.1) is 10.5 Å². The van der Waals surface area contributed by atoms with Gasteiger partial charge in [0.15, 0.2) is 11.6 Å². The molecule has 0 spiro atoms. The molecule has 24 heavy (non-hydrogen) atoms.